The van der Waals surface area contributed by atoms with E-state index in [0.717, 1.165) is 6.20 Å². The number of pyridine rings is 1. The van der Waals surface area contributed by atoms with Gasteiger partial charge in [0.05, 0.1) is 16.8 Å². The highest BCUT2D eigenvalue weighted by molar-refractivity contribution is 6.30. The van der Waals surface area contributed by atoms with Crippen molar-refractivity contribution in [2.75, 3.05) is 5.73 Å². The predicted octanol–water partition coefficient (Wildman–Crippen LogP) is 2.07. The number of aromatic nitrogens is 1. The molecule has 1 rings (SSSR count). The summed E-state index contributed by atoms with van der Waals surface area (Å²) in [6.45, 7) is 0. The summed E-state index contributed by atoms with van der Waals surface area (Å²) in [5.74, 6) is 0. The number of carbonyl (C=O) groups excluding carboxylic acids is 1. The molecule has 0 spiro atoms. The van der Waals surface area contributed by atoms with E-state index in [1.54, 1.807) is 0 Å². The molecule has 0 aliphatic heterocycles. The van der Waals surface area contributed by atoms with Crippen LogP contribution in [-0.4, -0.2) is 11.3 Å². The Balaban J connectivity index is 3.38. The number of hydrogen-bond acceptors (Lipinski definition) is 3. The summed E-state index contributed by atoms with van der Waals surface area (Å²) in [7, 11) is 0. The molecule has 0 amide bonds. The van der Waals surface area contributed by atoms with Crippen LogP contribution in [-0.2, 0) is 0 Å². The van der Waals surface area contributed by atoms with Crippen LogP contribution in [0.2, 0.25) is 5.15 Å². The molecule has 2 N–H and O–H groups in total. The predicted molar refractivity (Wildman–Crippen MR) is 44.0 cm³/mol. The molecule has 0 aliphatic carbocycles. The molecule has 13 heavy (non-hydrogen) atoms. The highest BCUT2D eigenvalue weighted by Gasteiger charge is 2.19. The first-order valence-electron chi connectivity index (χ1n) is 3.25. The Kier molecular flexibility index (Phi) is 2.77. The fourth-order valence-electron chi connectivity index (χ4n) is 0.833. The summed E-state index contributed by atoms with van der Waals surface area (Å²) in [4.78, 5) is 13.7. The first-order chi connectivity index (χ1) is 6.07. The van der Waals surface area contributed by atoms with Gasteiger partial charge in [-0.2, -0.15) is 0 Å². The molecule has 0 bridgehead atoms. The van der Waals surface area contributed by atoms with Crippen molar-refractivity contribution in [2.45, 2.75) is 6.43 Å². The van der Waals surface area contributed by atoms with E-state index >= 15 is 0 Å². The monoisotopic (exact) mass is 206 g/mol. The molecule has 0 atom stereocenters. The van der Waals surface area contributed by atoms with Crippen LogP contribution in [0.3, 0.4) is 0 Å². The van der Waals surface area contributed by atoms with Crippen molar-refractivity contribution in [1.29, 1.82) is 0 Å². The van der Waals surface area contributed by atoms with E-state index in [0.29, 0.717) is 6.29 Å². The normalized spacial score (nSPS) is 10.5. The molecule has 0 fully saturated rings. The minimum absolute atomic E-state index is 0.0836. The average molecular weight is 207 g/mol. The largest absolute Gasteiger partial charge is 0.398 e. The fourth-order valence-corrected chi connectivity index (χ4v) is 1.07. The minimum atomic E-state index is -2.83. The number of alkyl halides is 2. The molecule has 0 aromatic carbocycles. The van der Waals surface area contributed by atoms with Crippen molar-refractivity contribution in [3.63, 3.8) is 0 Å². The summed E-state index contributed by atoms with van der Waals surface area (Å²) >= 11 is 5.37. The van der Waals surface area contributed by atoms with Crippen LogP contribution in [0.4, 0.5) is 14.5 Å². The van der Waals surface area contributed by atoms with E-state index in [4.69, 9.17) is 17.3 Å². The van der Waals surface area contributed by atoms with Gasteiger partial charge in [-0.05, 0) is 0 Å². The molecule has 0 aliphatic rings. The van der Waals surface area contributed by atoms with Crippen molar-refractivity contribution in [1.82, 2.24) is 4.98 Å². The highest BCUT2D eigenvalue weighted by atomic mass is 35.5. The van der Waals surface area contributed by atoms with Gasteiger partial charge in [0.2, 0.25) is 0 Å². The fraction of sp³-hybridized carbons (Fsp3) is 0.143. The number of nitrogen functional groups attached to an aromatic ring is 1. The maximum Gasteiger partial charge on any atom is 0.268 e. The Morgan fingerprint density at radius 1 is 1.62 bits per heavy atom. The molecule has 0 unspecified atom stereocenters. The maximum absolute atomic E-state index is 12.3. The lowest BCUT2D eigenvalue weighted by atomic mass is 10.1. The third-order valence-electron chi connectivity index (χ3n) is 1.49. The van der Waals surface area contributed by atoms with E-state index < -0.39 is 12.0 Å². The summed E-state index contributed by atoms with van der Waals surface area (Å²) < 4.78 is 24.6. The first kappa shape index (κ1) is 9.85. The second-order valence-corrected chi connectivity index (χ2v) is 2.61. The van der Waals surface area contributed by atoms with Crippen molar-refractivity contribution < 1.29 is 13.6 Å². The van der Waals surface area contributed by atoms with Crippen LogP contribution in [0.5, 0.6) is 0 Å². The maximum atomic E-state index is 12.3. The number of rotatable bonds is 2. The SMILES string of the molecule is Nc1c(C=O)cnc(Cl)c1C(F)F. The van der Waals surface area contributed by atoms with Crippen LogP contribution in [0.25, 0.3) is 0 Å². The Morgan fingerprint density at radius 2 is 2.23 bits per heavy atom. The van der Waals surface area contributed by atoms with Crippen LogP contribution >= 0.6 is 11.6 Å². The Bertz CT molecular complexity index is 344. The first-order valence-corrected chi connectivity index (χ1v) is 3.63. The van der Waals surface area contributed by atoms with Crippen molar-refractivity contribution >= 4 is 23.6 Å². The number of aldehydes is 1. The lowest BCUT2D eigenvalue weighted by Gasteiger charge is -2.07. The zero-order valence-corrected chi connectivity index (χ0v) is 7.05. The van der Waals surface area contributed by atoms with Crippen LogP contribution in [0.1, 0.15) is 22.3 Å². The summed E-state index contributed by atoms with van der Waals surface area (Å²) in [6.07, 6.45) is -1.43. The molecule has 6 heteroatoms. The van der Waals surface area contributed by atoms with Crippen molar-refractivity contribution in [3.8, 4) is 0 Å². The van der Waals surface area contributed by atoms with Crippen LogP contribution in [0.15, 0.2) is 6.20 Å². The summed E-state index contributed by atoms with van der Waals surface area (Å²) in [5.41, 5.74) is 4.27. The third-order valence-corrected chi connectivity index (χ3v) is 1.79. The number of nitrogens with zero attached hydrogens (tertiary/aromatic N) is 1. The number of carbonyl (C=O) groups is 1. The van der Waals surface area contributed by atoms with E-state index in [1.165, 1.54) is 0 Å². The smallest absolute Gasteiger partial charge is 0.268 e. The standard InChI is InChI=1S/C7H5ClF2N2O/c8-6-4(7(9)10)5(11)3(2-13)1-12-6/h1-2,7H,(H2,11,12). The van der Waals surface area contributed by atoms with E-state index in [1.807, 2.05) is 0 Å². The minimum Gasteiger partial charge on any atom is -0.398 e. The van der Waals surface area contributed by atoms with Gasteiger partial charge in [-0.15, -0.1) is 0 Å². The molecular weight excluding hydrogens is 202 g/mol. The van der Waals surface area contributed by atoms with Crippen LogP contribution < -0.4 is 5.73 Å². The molecule has 1 aromatic rings. The molecular formula is C7H5ClF2N2O. The van der Waals surface area contributed by atoms with Gasteiger partial charge < -0.3 is 5.73 Å². The second-order valence-electron chi connectivity index (χ2n) is 2.25. The van der Waals surface area contributed by atoms with Gasteiger partial charge in [0, 0.05) is 6.20 Å². The molecule has 1 heterocycles. The van der Waals surface area contributed by atoms with Gasteiger partial charge in [0.15, 0.2) is 6.29 Å². The van der Waals surface area contributed by atoms with Gasteiger partial charge in [-0.25, -0.2) is 13.8 Å². The van der Waals surface area contributed by atoms with Crippen molar-refractivity contribution in [3.05, 3.63) is 22.5 Å². The summed E-state index contributed by atoms with van der Waals surface area (Å²) in [6, 6.07) is 0. The molecule has 1 aromatic heterocycles. The molecule has 0 saturated carbocycles. The number of hydrogen-bond donors (Lipinski definition) is 1. The Morgan fingerprint density at radius 3 is 2.69 bits per heavy atom. The molecule has 0 saturated heterocycles. The van der Waals surface area contributed by atoms with Gasteiger partial charge >= 0.3 is 0 Å². The van der Waals surface area contributed by atoms with Gasteiger partial charge in [-0.3, -0.25) is 4.79 Å². The van der Waals surface area contributed by atoms with Crippen molar-refractivity contribution in [2.24, 2.45) is 0 Å². The highest BCUT2D eigenvalue weighted by Crippen LogP contribution is 2.31. The Labute approximate surface area is 77.5 Å². The van der Waals surface area contributed by atoms with E-state index in [9.17, 15) is 13.6 Å². The topological polar surface area (TPSA) is 56.0 Å². The lowest BCUT2D eigenvalue weighted by Crippen LogP contribution is -2.02. The average Bonchev–Trinajstić information content (AvgIpc) is 2.04. The van der Waals surface area contributed by atoms with E-state index in [2.05, 4.69) is 4.98 Å². The zero-order valence-electron chi connectivity index (χ0n) is 6.30. The number of halogens is 3. The quantitative estimate of drug-likeness (QED) is 0.595. The summed E-state index contributed by atoms with van der Waals surface area (Å²) in [5, 5.41) is -0.377. The Hall–Kier alpha value is -1.23. The van der Waals surface area contributed by atoms with Gasteiger partial charge in [0.25, 0.3) is 6.43 Å². The molecule has 0 radical (unpaired) electrons. The number of anilines is 1. The molecule has 70 valence electrons. The zero-order chi connectivity index (χ0) is 10.0. The van der Waals surface area contributed by atoms with E-state index in [-0.39, 0.29) is 16.4 Å². The lowest BCUT2D eigenvalue weighted by molar-refractivity contribution is 0.112. The van der Waals surface area contributed by atoms with Gasteiger partial charge in [-0.1, -0.05) is 11.6 Å². The molecule has 3 nitrogen and oxygen atoms in total. The third kappa shape index (κ3) is 1.75. The van der Waals surface area contributed by atoms with Gasteiger partial charge in [0.1, 0.15) is 5.15 Å². The van der Waals surface area contributed by atoms with Crippen LogP contribution in [0, 0.1) is 0 Å². The number of nitrogens with two attached hydrogens (primary N) is 1. The second kappa shape index (κ2) is 3.66.